The van der Waals surface area contributed by atoms with E-state index in [1.807, 2.05) is 25.3 Å². The lowest BCUT2D eigenvalue weighted by Crippen LogP contribution is -2.21. The molecule has 0 spiro atoms. The lowest BCUT2D eigenvalue weighted by Gasteiger charge is -2.02. The largest absolute Gasteiger partial charge is 0.478 e. The minimum absolute atomic E-state index is 0.133. The van der Waals surface area contributed by atoms with Gasteiger partial charge in [0.1, 0.15) is 0 Å². The highest BCUT2D eigenvalue weighted by Gasteiger charge is 2.12. The highest BCUT2D eigenvalue weighted by atomic mass is 32.1. The average molecular weight is 321 g/mol. The zero-order chi connectivity index (χ0) is 15.4. The van der Waals surface area contributed by atoms with Crippen LogP contribution in [0.5, 0.6) is 0 Å². The molecule has 2 aromatic heterocycles. The third-order valence-electron chi connectivity index (χ3n) is 2.93. The fourth-order valence-corrected chi connectivity index (χ4v) is 3.59. The number of aryl methyl sites for hydroxylation is 2. The molecule has 0 atom stereocenters. The van der Waals surface area contributed by atoms with Crippen LogP contribution in [0.3, 0.4) is 0 Å². The third kappa shape index (κ3) is 4.03. The van der Waals surface area contributed by atoms with Gasteiger partial charge in [0.25, 0.3) is 5.91 Å². The molecule has 0 saturated carbocycles. The Morgan fingerprint density at radius 1 is 1.33 bits per heavy atom. The van der Waals surface area contributed by atoms with Crippen LogP contribution < -0.4 is 5.32 Å². The van der Waals surface area contributed by atoms with Gasteiger partial charge in [-0.3, -0.25) is 4.79 Å². The van der Waals surface area contributed by atoms with Crippen molar-refractivity contribution in [1.82, 2.24) is 5.32 Å². The topological polar surface area (TPSA) is 66.4 Å². The predicted molar refractivity (Wildman–Crippen MR) is 86.0 cm³/mol. The Balaban J connectivity index is 2.04. The lowest BCUT2D eigenvalue weighted by atomic mass is 10.2. The first-order valence-electron chi connectivity index (χ1n) is 6.30. The van der Waals surface area contributed by atoms with E-state index in [4.69, 9.17) is 5.11 Å². The van der Waals surface area contributed by atoms with Gasteiger partial charge < -0.3 is 10.4 Å². The second-order valence-electron chi connectivity index (χ2n) is 4.54. The first kappa shape index (κ1) is 15.5. The zero-order valence-corrected chi connectivity index (χ0v) is 13.3. The number of thiophene rings is 2. The maximum absolute atomic E-state index is 12.1. The van der Waals surface area contributed by atoms with Crippen LogP contribution >= 0.6 is 22.7 Å². The molecule has 21 heavy (non-hydrogen) atoms. The summed E-state index contributed by atoms with van der Waals surface area (Å²) in [5.41, 5.74) is 2.07. The number of carboxylic acid groups (broad SMARTS) is 1. The van der Waals surface area contributed by atoms with Gasteiger partial charge in [0, 0.05) is 15.8 Å². The Labute approximate surface area is 130 Å². The van der Waals surface area contributed by atoms with Crippen molar-refractivity contribution in [2.75, 3.05) is 0 Å². The van der Waals surface area contributed by atoms with E-state index in [9.17, 15) is 9.59 Å². The van der Waals surface area contributed by atoms with Crippen molar-refractivity contribution in [3.05, 3.63) is 49.3 Å². The van der Waals surface area contributed by atoms with E-state index < -0.39 is 5.97 Å². The first-order valence-corrected chi connectivity index (χ1v) is 7.99. The van der Waals surface area contributed by atoms with E-state index in [0.717, 1.165) is 21.4 Å². The molecule has 2 heterocycles. The summed E-state index contributed by atoms with van der Waals surface area (Å²) >= 11 is 2.91. The Morgan fingerprint density at radius 2 is 2.10 bits per heavy atom. The molecule has 2 rings (SSSR count). The van der Waals surface area contributed by atoms with Crippen molar-refractivity contribution in [3.63, 3.8) is 0 Å². The molecule has 0 aliphatic carbocycles. The molecule has 1 amide bonds. The van der Waals surface area contributed by atoms with E-state index >= 15 is 0 Å². The molecule has 0 unspecified atom stereocenters. The maximum atomic E-state index is 12.1. The number of carbonyl (C=O) groups is 2. The minimum Gasteiger partial charge on any atom is -0.478 e. The summed E-state index contributed by atoms with van der Waals surface area (Å²) in [6.45, 7) is 4.39. The van der Waals surface area contributed by atoms with Crippen molar-refractivity contribution in [3.8, 4) is 0 Å². The van der Waals surface area contributed by atoms with E-state index in [1.54, 1.807) is 17.4 Å². The van der Waals surface area contributed by atoms with Gasteiger partial charge in [-0.05, 0) is 48.6 Å². The highest BCUT2D eigenvalue weighted by molar-refractivity contribution is 7.15. The van der Waals surface area contributed by atoms with Crippen LogP contribution in [-0.4, -0.2) is 17.0 Å². The number of hydrogen-bond acceptors (Lipinski definition) is 4. The molecular formula is C15H15NO3S2. The van der Waals surface area contributed by atoms with Crippen LogP contribution in [0.15, 0.2) is 23.6 Å². The zero-order valence-electron chi connectivity index (χ0n) is 11.7. The summed E-state index contributed by atoms with van der Waals surface area (Å²) in [6.07, 6.45) is 2.60. The van der Waals surface area contributed by atoms with E-state index in [2.05, 4.69) is 5.32 Å². The second kappa shape index (κ2) is 6.69. The summed E-state index contributed by atoms with van der Waals surface area (Å²) in [5, 5.41) is 13.5. The van der Waals surface area contributed by atoms with Gasteiger partial charge in [-0.25, -0.2) is 4.79 Å². The van der Waals surface area contributed by atoms with Gasteiger partial charge in [-0.2, -0.15) is 0 Å². The molecule has 0 saturated heterocycles. The number of carboxylic acids is 1. The average Bonchev–Trinajstić information content (AvgIpc) is 3.00. The third-order valence-corrected chi connectivity index (χ3v) is 5.16. The molecule has 2 aromatic rings. The van der Waals surface area contributed by atoms with Crippen molar-refractivity contribution in [1.29, 1.82) is 0 Å². The van der Waals surface area contributed by atoms with Gasteiger partial charge in [0.15, 0.2) is 0 Å². The van der Waals surface area contributed by atoms with Crippen LogP contribution in [-0.2, 0) is 11.3 Å². The molecule has 0 radical (unpaired) electrons. The van der Waals surface area contributed by atoms with Gasteiger partial charge in [-0.1, -0.05) is 0 Å². The second-order valence-corrected chi connectivity index (χ2v) is 6.62. The molecule has 0 fully saturated rings. The normalized spacial score (nSPS) is 11.0. The number of nitrogens with one attached hydrogen (secondary N) is 1. The quantitative estimate of drug-likeness (QED) is 0.829. The van der Waals surface area contributed by atoms with Gasteiger partial charge >= 0.3 is 5.97 Å². The first-order chi connectivity index (χ1) is 9.97. The molecule has 0 aromatic carbocycles. The summed E-state index contributed by atoms with van der Waals surface area (Å²) in [7, 11) is 0. The number of aliphatic carboxylic acids is 1. The smallest absolute Gasteiger partial charge is 0.328 e. The van der Waals surface area contributed by atoms with E-state index in [1.165, 1.54) is 23.0 Å². The molecule has 0 aliphatic heterocycles. The van der Waals surface area contributed by atoms with Crippen LogP contribution in [0.2, 0.25) is 0 Å². The molecule has 6 heteroatoms. The monoisotopic (exact) mass is 321 g/mol. The van der Waals surface area contributed by atoms with Crippen LogP contribution in [0, 0.1) is 13.8 Å². The van der Waals surface area contributed by atoms with Gasteiger partial charge in [0.05, 0.1) is 11.4 Å². The van der Waals surface area contributed by atoms with Crippen molar-refractivity contribution >= 4 is 40.6 Å². The maximum Gasteiger partial charge on any atom is 0.328 e. The fraction of sp³-hybridized carbons (Fsp3) is 0.200. The summed E-state index contributed by atoms with van der Waals surface area (Å²) in [4.78, 5) is 25.2. The molecule has 4 nitrogen and oxygen atoms in total. The summed E-state index contributed by atoms with van der Waals surface area (Å²) < 4.78 is 0. The minimum atomic E-state index is -0.998. The summed E-state index contributed by atoms with van der Waals surface area (Å²) in [5.74, 6) is -1.13. The van der Waals surface area contributed by atoms with Crippen LogP contribution in [0.25, 0.3) is 6.08 Å². The Kier molecular flexibility index (Phi) is 4.93. The lowest BCUT2D eigenvalue weighted by molar-refractivity contribution is -0.131. The number of carbonyl (C=O) groups excluding carboxylic acids is 1. The van der Waals surface area contributed by atoms with Gasteiger partial charge in [0.2, 0.25) is 0 Å². The summed E-state index contributed by atoms with van der Waals surface area (Å²) in [6, 6.07) is 3.80. The number of hydrogen-bond donors (Lipinski definition) is 2. The number of amides is 1. The predicted octanol–water partition coefficient (Wildman–Crippen LogP) is 3.45. The van der Waals surface area contributed by atoms with Gasteiger partial charge in [-0.15, -0.1) is 22.7 Å². The Morgan fingerprint density at radius 3 is 2.71 bits per heavy atom. The number of rotatable bonds is 5. The fourth-order valence-electron chi connectivity index (χ4n) is 1.75. The standard InChI is InChI=1S/C15H15NO3S2/c1-9-5-6-20-13(9)8-16-15(19)12-7-10(2)11(21-12)3-4-14(17)18/h3-7H,8H2,1-2H3,(H,16,19)(H,17,18)/b4-3+. The Bertz CT molecular complexity index is 698. The van der Waals surface area contributed by atoms with Crippen molar-refractivity contribution in [2.24, 2.45) is 0 Å². The van der Waals surface area contributed by atoms with E-state index in [-0.39, 0.29) is 5.91 Å². The molecule has 110 valence electrons. The SMILES string of the molecule is Cc1cc(C(=O)NCc2sccc2C)sc1/C=C/C(=O)O. The van der Waals surface area contributed by atoms with E-state index in [0.29, 0.717) is 11.4 Å². The van der Waals surface area contributed by atoms with Crippen molar-refractivity contribution < 1.29 is 14.7 Å². The molecule has 0 aliphatic rings. The molecule has 2 N–H and O–H groups in total. The molecule has 0 bridgehead atoms. The van der Waals surface area contributed by atoms with Crippen molar-refractivity contribution in [2.45, 2.75) is 20.4 Å². The van der Waals surface area contributed by atoms with Crippen LogP contribution in [0.1, 0.15) is 30.6 Å². The molecular weight excluding hydrogens is 306 g/mol. The van der Waals surface area contributed by atoms with Crippen LogP contribution in [0.4, 0.5) is 0 Å². The Hall–Kier alpha value is -1.92. The highest BCUT2D eigenvalue weighted by Crippen LogP contribution is 2.23.